The van der Waals surface area contributed by atoms with Gasteiger partial charge in [0.1, 0.15) is 9.76 Å². The van der Waals surface area contributed by atoms with Crippen LogP contribution >= 0.6 is 39.1 Å². The van der Waals surface area contributed by atoms with Crippen molar-refractivity contribution in [3.63, 3.8) is 0 Å². The topological polar surface area (TPSA) is 12.9 Å². The Kier molecular flexibility index (Phi) is 3.88. The lowest BCUT2D eigenvalue weighted by molar-refractivity contribution is 0.150. The quantitative estimate of drug-likeness (QED) is 0.588. The maximum absolute atomic E-state index is 12.4. The standard InChI is InChI=1S/C7H4BrCl2F2N/c8-6-4(2-9)3(7(11)12)1-5(10)13-6/h1,7H,2H2. The summed E-state index contributed by atoms with van der Waals surface area (Å²) in [6, 6.07) is 1.12. The van der Waals surface area contributed by atoms with Gasteiger partial charge in [-0.2, -0.15) is 0 Å². The molecule has 1 aromatic heterocycles. The van der Waals surface area contributed by atoms with Crippen molar-refractivity contribution in [1.82, 2.24) is 4.98 Å². The lowest BCUT2D eigenvalue weighted by atomic mass is 10.2. The van der Waals surface area contributed by atoms with Crippen LogP contribution in [0.3, 0.4) is 0 Å². The van der Waals surface area contributed by atoms with E-state index < -0.39 is 6.43 Å². The van der Waals surface area contributed by atoms with E-state index in [1.807, 2.05) is 0 Å². The highest BCUT2D eigenvalue weighted by atomic mass is 79.9. The van der Waals surface area contributed by atoms with Crippen LogP contribution in [0.4, 0.5) is 8.78 Å². The molecule has 0 fully saturated rings. The van der Waals surface area contributed by atoms with Crippen molar-refractivity contribution < 1.29 is 8.78 Å². The number of hydrogen-bond donors (Lipinski definition) is 0. The average Bonchev–Trinajstić information content (AvgIpc) is 2.02. The van der Waals surface area contributed by atoms with Crippen LogP contribution in [0.5, 0.6) is 0 Å². The molecular weight excluding hydrogens is 287 g/mol. The summed E-state index contributed by atoms with van der Waals surface area (Å²) in [5.41, 5.74) is 0.0999. The molecule has 1 heterocycles. The van der Waals surface area contributed by atoms with E-state index in [1.165, 1.54) is 0 Å². The van der Waals surface area contributed by atoms with Crippen molar-refractivity contribution in [1.29, 1.82) is 0 Å². The van der Waals surface area contributed by atoms with E-state index in [-0.39, 0.29) is 26.8 Å². The van der Waals surface area contributed by atoms with Crippen LogP contribution in [0.15, 0.2) is 10.7 Å². The smallest absolute Gasteiger partial charge is 0.229 e. The summed E-state index contributed by atoms with van der Waals surface area (Å²) in [5, 5.41) is 0.0241. The van der Waals surface area contributed by atoms with Gasteiger partial charge in [-0.3, -0.25) is 0 Å². The van der Waals surface area contributed by atoms with Gasteiger partial charge in [-0.05, 0) is 22.0 Å². The first-order valence-electron chi connectivity index (χ1n) is 3.25. The van der Waals surface area contributed by atoms with Crippen LogP contribution in [-0.4, -0.2) is 4.98 Å². The lowest BCUT2D eigenvalue weighted by Gasteiger charge is -2.07. The second-order valence-corrected chi connectivity index (χ2v) is 3.64. The van der Waals surface area contributed by atoms with Crippen LogP contribution in [0.2, 0.25) is 5.15 Å². The predicted octanol–water partition coefficient (Wildman–Crippen LogP) is 4.17. The maximum atomic E-state index is 12.4. The summed E-state index contributed by atoms with van der Waals surface area (Å²) in [7, 11) is 0. The van der Waals surface area contributed by atoms with E-state index in [2.05, 4.69) is 20.9 Å². The number of rotatable bonds is 2. The molecule has 0 atom stereocenters. The van der Waals surface area contributed by atoms with Crippen LogP contribution in [0, 0.1) is 0 Å². The molecule has 0 saturated carbocycles. The zero-order valence-electron chi connectivity index (χ0n) is 6.20. The molecule has 0 aliphatic carbocycles. The van der Waals surface area contributed by atoms with Gasteiger partial charge in [-0.15, -0.1) is 11.6 Å². The van der Waals surface area contributed by atoms with Crippen LogP contribution in [-0.2, 0) is 5.88 Å². The Balaban J connectivity index is 3.29. The Bertz CT molecular complexity index is 320. The van der Waals surface area contributed by atoms with Gasteiger partial charge in [0.2, 0.25) is 0 Å². The minimum atomic E-state index is -2.59. The molecule has 1 nitrogen and oxygen atoms in total. The Hall–Kier alpha value is 0.0700. The Morgan fingerprint density at radius 3 is 2.62 bits per heavy atom. The van der Waals surface area contributed by atoms with E-state index in [9.17, 15) is 8.78 Å². The molecule has 1 rings (SSSR count). The molecule has 0 spiro atoms. The third-order valence-electron chi connectivity index (χ3n) is 1.45. The third kappa shape index (κ3) is 2.51. The van der Waals surface area contributed by atoms with E-state index >= 15 is 0 Å². The summed E-state index contributed by atoms with van der Waals surface area (Å²) in [6.45, 7) is 0. The van der Waals surface area contributed by atoms with Crippen molar-refractivity contribution in [2.45, 2.75) is 12.3 Å². The fourth-order valence-corrected chi connectivity index (χ4v) is 2.16. The molecule has 0 amide bonds. The maximum Gasteiger partial charge on any atom is 0.264 e. The SMILES string of the molecule is FC(F)c1cc(Cl)nc(Br)c1CCl. The zero-order chi connectivity index (χ0) is 10.0. The summed E-state index contributed by atoms with van der Waals surface area (Å²) < 4.78 is 25.1. The fourth-order valence-electron chi connectivity index (χ4n) is 0.855. The molecule has 0 aromatic carbocycles. The molecule has 1 aromatic rings. The molecular formula is C7H4BrCl2F2N. The highest BCUT2D eigenvalue weighted by Gasteiger charge is 2.16. The van der Waals surface area contributed by atoms with Crippen molar-refractivity contribution in [2.75, 3.05) is 0 Å². The third-order valence-corrected chi connectivity index (χ3v) is 2.56. The van der Waals surface area contributed by atoms with Gasteiger partial charge in [-0.1, -0.05) is 11.6 Å². The zero-order valence-corrected chi connectivity index (χ0v) is 9.30. The normalized spacial score (nSPS) is 10.9. The van der Waals surface area contributed by atoms with Crippen LogP contribution in [0.1, 0.15) is 17.6 Å². The minimum Gasteiger partial charge on any atom is -0.229 e. The molecule has 0 bridgehead atoms. The largest absolute Gasteiger partial charge is 0.264 e. The van der Waals surface area contributed by atoms with E-state index in [4.69, 9.17) is 23.2 Å². The van der Waals surface area contributed by atoms with E-state index in [0.29, 0.717) is 0 Å². The number of alkyl halides is 3. The van der Waals surface area contributed by atoms with Crippen molar-refractivity contribution in [2.24, 2.45) is 0 Å². The molecule has 6 heteroatoms. The second kappa shape index (κ2) is 4.53. The molecule has 72 valence electrons. The number of halogens is 5. The number of hydrogen-bond acceptors (Lipinski definition) is 1. The Morgan fingerprint density at radius 1 is 1.54 bits per heavy atom. The average molecular weight is 291 g/mol. The summed E-state index contributed by atoms with van der Waals surface area (Å²) in [5.74, 6) is -0.0234. The van der Waals surface area contributed by atoms with Crippen molar-refractivity contribution in [3.05, 3.63) is 26.9 Å². The molecule has 0 N–H and O–H groups in total. The van der Waals surface area contributed by atoms with Crippen LogP contribution < -0.4 is 0 Å². The van der Waals surface area contributed by atoms with Gasteiger partial charge in [-0.25, -0.2) is 13.8 Å². The highest BCUT2D eigenvalue weighted by molar-refractivity contribution is 9.10. The first kappa shape index (κ1) is 11.1. The first-order valence-corrected chi connectivity index (χ1v) is 4.95. The number of nitrogens with zero attached hydrogens (tertiary/aromatic N) is 1. The van der Waals surface area contributed by atoms with Gasteiger partial charge in [0.15, 0.2) is 0 Å². The first-order chi connectivity index (χ1) is 6.06. The molecule has 13 heavy (non-hydrogen) atoms. The van der Waals surface area contributed by atoms with Gasteiger partial charge in [0.25, 0.3) is 6.43 Å². The molecule has 0 unspecified atom stereocenters. The fraction of sp³-hybridized carbons (Fsp3) is 0.286. The second-order valence-electron chi connectivity index (χ2n) is 2.24. The van der Waals surface area contributed by atoms with Crippen LogP contribution in [0.25, 0.3) is 0 Å². The monoisotopic (exact) mass is 289 g/mol. The summed E-state index contributed by atoms with van der Waals surface area (Å²) in [4.78, 5) is 3.75. The van der Waals surface area contributed by atoms with Gasteiger partial charge < -0.3 is 0 Å². The lowest BCUT2D eigenvalue weighted by Crippen LogP contribution is -1.96. The number of pyridine rings is 1. The van der Waals surface area contributed by atoms with Crippen molar-refractivity contribution >= 4 is 39.1 Å². The minimum absolute atomic E-state index is 0.0234. The van der Waals surface area contributed by atoms with E-state index in [1.54, 1.807) is 0 Å². The number of aromatic nitrogens is 1. The van der Waals surface area contributed by atoms with Gasteiger partial charge >= 0.3 is 0 Å². The summed E-state index contributed by atoms with van der Waals surface area (Å²) in [6.07, 6.45) is -2.59. The highest BCUT2D eigenvalue weighted by Crippen LogP contribution is 2.30. The molecule has 0 saturated heterocycles. The Labute approximate surface area is 92.2 Å². The van der Waals surface area contributed by atoms with Gasteiger partial charge in [0.05, 0.1) is 5.88 Å². The molecule has 0 aliphatic rings. The van der Waals surface area contributed by atoms with Crippen molar-refractivity contribution in [3.8, 4) is 0 Å². The Morgan fingerprint density at radius 2 is 2.15 bits per heavy atom. The summed E-state index contributed by atoms with van der Waals surface area (Å²) >= 11 is 14.0. The van der Waals surface area contributed by atoms with E-state index in [0.717, 1.165) is 6.07 Å². The molecule has 0 aliphatic heterocycles. The predicted molar refractivity (Wildman–Crippen MR) is 51.5 cm³/mol. The molecule has 0 radical (unpaired) electrons. The van der Waals surface area contributed by atoms with Gasteiger partial charge in [0, 0.05) is 11.1 Å².